The molecule has 7 heteroatoms. The van der Waals surface area contributed by atoms with Crippen molar-refractivity contribution in [1.29, 1.82) is 0 Å². The Morgan fingerprint density at radius 2 is 1.77 bits per heavy atom. The highest BCUT2D eigenvalue weighted by atomic mass is 79.9. The van der Waals surface area contributed by atoms with E-state index in [4.69, 9.17) is 23.2 Å². The predicted octanol–water partition coefficient (Wildman–Crippen LogP) is 5.76. The van der Waals surface area contributed by atoms with Crippen molar-refractivity contribution in [3.05, 3.63) is 97.9 Å². The highest BCUT2D eigenvalue weighted by Crippen LogP contribution is 2.45. The summed E-state index contributed by atoms with van der Waals surface area (Å²) in [5, 5.41) is 12.4. The Bertz CT molecular complexity index is 1150. The zero-order valence-electron chi connectivity index (χ0n) is 15.6. The molecule has 0 spiro atoms. The average molecular weight is 505 g/mol. The molecule has 0 fully saturated rings. The summed E-state index contributed by atoms with van der Waals surface area (Å²) in [6.07, 6.45) is -0.357. The van der Waals surface area contributed by atoms with E-state index in [-0.39, 0.29) is 18.7 Å². The number of hydrogen-bond acceptors (Lipinski definition) is 3. The maximum absolute atomic E-state index is 13.4. The maximum atomic E-state index is 13.4. The predicted molar refractivity (Wildman–Crippen MR) is 121 cm³/mol. The molecular formula is C23H16BrCl2NO3. The number of halogens is 3. The highest BCUT2D eigenvalue weighted by Gasteiger charge is 2.51. The van der Waals surface area contributed by atoms with Crippen LogP contribution in [-0.4, -0.2) is 16.8 Å². The van der Waals surface area contributed by atoms with Crippen LogP contribution in [0.15, 0.2) is 71.2 Å². The molecule has 3 aromatic carbocycles. The van der Waals surface area contributed by atoms with Crippen molar-refractivity contribution in [2.75, 3.05) is 4.90 Å². The zero-order valence-corrected chi connectivity index (χ0v) is 18.7. The van der Waals surface area contributed by atoms with Gasteiger partial charge in [-0.25, -0.2) is 0 Å². The van der Waals surface area contributed by atoms with Crippen LogP contribution in [0.5, 0.6) is 0 Å². The second kappa shape index (κ2) is 8.16. The van der Waals surface area contributed by atoms with Crippen molar-refractivity contribution in [3.8, 4) is 0 Å². The summed E-state index contributed by atoms with van der Waals surface area (Å²) < 4.78 is 0.700. The van der Waals surface area contributed by atoms with Gasteiger partial charge in [-0.1, -0.05) is 75.5 Å². The number of Topliss-reactive ketones (excluding diaryl/α,β-unsaturated/α-hetero) is 1. The molecule has 1 atom stereocenters. The third-order valence-corrected chi connectivity index (χ3v) is 6.23. The Hall–Kier alpha value is -2.18. The molecule has 152 valence electrons. The van der Waals surface area contributed by atoms with Crippen molar-refractivity contribution in [2.24, 2.45) is 0 Å². The van der Waals surface area contributed by atoms with E-state index in [9.17, 15) is 14.7 Å². The largest absolute Gasteiger partial charge is 0.375 e. The first-order valence-corrected chi connectivity index (χ1v) is 10.7. The van der Waals surface area contributed by atoms with Gasteiger partial charge in [0.2, 0.25) is 0 Å². The van der Waals surface area contributed by atoms with Gasteiger partial charge in [0.25, 0.3) is 5.91 Å². The number of nitrogens with zero attached hydrogens (tertiary/aromatic N) is 1. The van der Waals surface area contributed by atoms with Crippen molar-refractivity contribution >= 4 is 56.5 Å². The third kappa shape index (κ3) is 3.79. The van der Waals surface area contributed by atoms with Crippen molar-refractivity contribution < 1.29 is 14.7 Å². The minimum atomic E-state index is -1.97. The summed E-state index contributed by atoms with van der Waals surface area (Å²) in [5.41, 5.74) is 0.0792. The number of amides is 1. The Balaban J connectivity index is 1.73. The lowest BCUT2D eigenvalue weighted by molar-refractivity contribution is -0.136. The maximum Gasteiger partial charge on any atom is 0.264 e. The molecule has 0 aliphatic carbocycles. The van der Waals surface area contributed by atoms with Crippen molar-refractivity contribution in [2.45, 2.75) is 18.6 Å². The van der Waals surface area contributed by atoms with Crippen LogP contribution >= 0.6 is 39.1 Å². The van der Waals surface area contributed by atoms with Crippen LogP contribution in [0.2, 0.25) is 10.0 Å². The van der Waals surface area contributed by atoms with E-state index in [2.05, 4.69) is 15.9 Å². The molecule has 0 bridgehead atoms. The van der Waals surface area contributed by atoms with E-state index in [1.807, 2.05) is 0 Å². The number of benzene rings is 3. The number of carbonyl (C=O) groups is 2. The molecule has 4 rings (SSSR count). The first-order chi connectivity index (χ1) is 14.3. The molecule has 1 aliphatic heterocycles. The van der Waals surface area contributed by atoms with Crippen molar-refractivity contribution in [3.63, 3.8) is 0 Å². The smallest absolute Gasteiger partial charge is 0.264 e. The molecule has 4 nitrogen and oxygen atoms in total. The summed E-state index contributed by atoms with van der Waals surface area (Å²) >= 11 is 15.7. The molecule has 3 aromatic rings. The lowest BCUT2D eigenvalue weighted by Gasteiger charge is -2.23. The first-order valence-electron chi connectivity index (χ1n) is 9.16. The fraction of sp³-hybridized carbons (Fsp3) is 0.130. The normalized spacial score (nSPS) is 17.9. The van der Waals surface area contributed by atoms with Crippen LogP contribution in [0.25, 0.3) is 0 Å². The molecule has 30 heavy (non-hydrogen) atoms. The van der Waals surface area contributed by atoms with Gasteiger partial charge in [0.05, 0.1) is 18.7 Å². The number of aliphatic hydroxyl groups is 1. The van der Waals surface area contributed by atoms with Crippen LogP contribution in [0.4, 0.5) is 5.69 Å². The van der Waals surface area contributed by atoms with Crippen molar-refractivity contribution in [1.82, 2.24) is 0 Å². The third-order valence-electron chi connectivity index (χ3n) is 5.15. The lowest BCUT2D eigenvalue weighted by Crippen LogP contribution is -2.41. The van der Waals surface area contributed by atoms with Gasteiger partial charge < -0.3 is 10.0 Å². The number of hydrogen-bond donors (Lipinski definition) is 1. The Kier molecular flexibility index (Phi) is 5.73. The van der Waals surface area contributed by atoms with Gasteiger partial charge in [-0.3, -0.25) is 9.59 Å². The van der Waals surface area contributed by atoms with Crippen LogP contribution in [-0.2, 0) is 16.9 Å². The van der Waals surface area contributed by atoms with E-state index in [0.717, 1.165) is 0 Å². The quantitative estimate of drug-likeness (QED) is 0.449. The number of ketones is 1. The van der Waals surface area contributed by atoms with E-state index in [0.29, 0.717) is 36.9 Å². The second-order valence-electron chi connectivity index (χ2n) is 7.11. The molecule has 0 saturated carbocycles. The van der Waals surface area contributed by atoms with E-state index in [1.165, 1.54) is 4.90 Å². The SMILES string of the molecule is O=C(C[C@@]1(O)C(=O)N(Cc2ccc(Cl)cc2Cl)c2ccc(Br)cc21)c1ccccc1. The van der Waals surface area contributed by atoms with Gasteiger partial charge in [0, 0.05) is 25.6 Å². The summed E-state index contributed by atoms with van der Waals surface area (Å²) in [7, 11) is 0. The minimum Gasteiger partial charge on any atom is -0.375 e. The Morgan fingerprint density at radius 3 is 2.47 bits per heavy atom. The molecule has 0 aromatic heterocycles. The Labute approximate surface area is 192 Å². The molecule has 1 heterocycles. The molecule has 1 aliphatic rings. The van der Waals surface area contributed by atoms with Crippen LogP contribution in [0.1, 0.15) is 27.9 Å². The van der Waals surface area contributed by atoms with Gasteiger partial charge in [-0.2, -0.15) is 0 Å². The summed E-state index contributed by atoms with van der Waals surface area (Å²) in [5.74, 6) is -0.880. The summed E-state index contributed by atoms with van der Waals surface area (Å²) in [4.78, 5) is 27.7. The van der Waals surface area contributed by atoms with E-state index < -0.39 is 11.5 Å². The van der Waals surface area contributed by atoms with Crippen LogP contribution < -0.4 is 4.90 Å². The Morgan fingerprint density at radius 1 is 1.03 bits per heavy atom. The monoisotopic (exact) mass is 503 g/mol. The number of fused-ring (bicyclic) bond motifs is 1. The number of anilines is 1. The molecular weight excluding hydrogens is 489 g/mol. The molecule has 1 N–H and O–H groups in total. The van der Waals surface area contributed by atoms with Crippen LogP contribution in [0, 0.1) is 0 Å². The molecule has 0 unspecified atom stereocenters. The lowest BCUT2D eigenvalue weighted by atomic mass is 9.88. The van der Waals surface area contributed by atoms with Gasteiger partial charge in [0.15, 0.2) is 11.4 Å². The van der Waals surface area contributed by atoms with E-state index >= 15 is 0 Å². The molecule has 1 amide bonds. The molecule has 0 radical (unpaired) electrons. The van der Waals surface area contributed by atoms with Gasteiger partial charge in [-0.15, -0.1) is 0 Å². The van der Waals surface area contributed by atoms with Gasteiger partial charge >= 0.3 is 0 Å². The average Bonchev–Trinajstić information content (AvgIpc) is 2.92. The minimum absolute atomic E-state index is 0.144. The second-order valence-corrected chi connectivity index (χ2v) is 8.87. The topological polar surface area (TPSA) is 57.6 Å². The summed E-state index contributed by atoms with van der Waals surface area (Å²) in [6.45, 7) is 0.144. The fourth-order valence-electron chi connectivity index (χ4n) is 3.63. The first kappa shape index (κ1) is 21.1. The highest BCUT2D eigenvalue weighted by molar-refractivity contribution is 9.10. The van der Waals surface area contributed by atoms with Gasteiger partial charge in [0.1, 0.15) is 0 Å². The van der Waals surface area contributed by atoms with E-state index in [1.54, 1.807) is 66.7 Å². The fourth-order valence-corrected chi connectivity index (χ4v) is 4.46. The van der Waals surface area contributed by atoms with Crippen LogP contribution in [0.3, 0.4) is 0 Å². The van der Waals surface area contributed by atoms with Gasteiger partial charge in [-0.05, 0) is 35.9 Å². The number of carbonyl (C=O) groups excluding carboxylic acids is 2. The number of rotatable bonds is 5. The standard InChI is InChI=1S/C23H16BrCl2NO3/c24-16-7-9-20-18(10-16)23(30,12-21(28)14-4-2-1-3-5-14)22(29)27(20)13-15-6-8-17(25)11-19(15)26/h1-11,30H,12-13H2/t23-/m0/s1. The zero-order chi connectivity index (χ0) is 21.5. The summed E-state index contributed by atoms with van der Waals surface area (Å²) in [6, 6.07) is 18.9. The molecule has 0 saturated heterocycles.